The second-order valence-corrected chi connectivity index (χ2v) is 8.78. The summed E-state index contributed by atoms with van der Waals surface area (Å²) in [6.45, 7) is 1.16. The first-order valence-corrected chi connectivity index (χ1v) is 11.0. The van der Waals surface area contributed by atoms with Crippen LogP contribution in [-0.4, -0.2) is 55.8 Å². The molecule has 0 radical (unpaired) electrons. The number of hydrogen-bond donors (Lipinski definition) is 1. The van der Waals surface area contributed by atoms with Crippen molar-refractivity contribution in [1.82, 2.24) is 24.8 Å². The molecular weight excluding hydrogens is 473 g/mol. The van der Waals surface area contributed by atoms with Crippen LogP contribution in [0, 0.1) is 5.92 Å². The Balaban J connectivity index is 1.67. The standard InChI is InChI=1S/C22H20Cl2F2N6O/c1-13-8-22(25,26)12-32(18(13)11-31-21-29-9-15(24)10-30-21)20(33)17-7-14(23)3-4-16(17)19-27-5-2-6-28-19/h2-7,9-10,13,18H,8,11-12H2,1H3,(H,29,30,31)/t13-,18-/m1/s1. The van der Waals surface area contributed by atoms with Gasteiger partial charge >= 0.3 is 0 Å². The van der Waals surface area contributed by atoms with Crippen LogP contribution in [0.25, 0.3) is 11.4 Å². The number of alkyl halides is 2. The summed E-state index contributed by atoms with van der Waals surface area (Å²) in [5, 5.41) is 3.70. The van der Waals surface area contributed by atoms with Crippen LogP contribution in [0.4, 0.5) is 14.7 Å². The minimum absolute atomic E-state index is 0.159. The highest BCUT2D eigenvalue weighted by molar-refractivity contribution is 6.31. The Morgan fingerprint density at radius 2 is 1.85 bits per heavy atom. The van der Waals surface area contributed by atoms with E-state index in [4.69, 9.17) is 23.2 Å². The fraction of sp³-hybridized carbons (Fsp3) is 0.318. The lowest BCUT2D eigenvalue weighted by Gasteiger charge is -2.43. The molecule has 172 valence electrons. The van der Waals surface area contributed by atoms with Gasteiger partial charge in [0, 0.05) is 35.9 Å². The van der Waals surface area contributed by atoms with E-state index in [1.54, 1.807) is 37.5 Å². The van der Waals surface area contributed by atoms with Gasteiger partial charge in [0.05, 0.1) is 35.6 Å². The molecule has 3 heterocycles. The molecule has 4 rings (SSSR count). The minimum Gasteiger partial charge on any atom is -0.352 e. The third-order valence-electron chi connectivity index (χ3n) is 5.45. The molecule has 2 aromatic heterocycles. The molecule has 0 bridgehead atoms. The zero-order valence-electron chi connectivity index (χ0n) is 17.6. The molecule has 1 fully saturated rings. The van der Waals surface area contributed by atoms with Crippen molar-refractivity contribution in [1.29, 1.82) is 0 Å². The minimum atomic E-state index is -3.02. The molecule has 0 saturated carbocycles. The third kappa shape index (κ3) is 5.36. The lowest BCUT2D eigenvalue weighted by molar-refractivity contribution is -0.0897. The highest BCUT2D eigenvalue weighted by atomic mass is 35.5. The second-order valence-electron chi connectivity index (χ2n) is 7.91. The van der Waals surface area contributed by atoms with Gasteiger partial charge in [0.2, 0.25) is 5.95 Å². The van der Waals surface area contributed by atoms with Gasteiger partial charge in [-0.15, -0.1) is 0 Å². The molecule has 0 spiro atoms. The smallest absolute Gasteiger partial charge is 0.265 e. The Kier molecular flexibility index (Phi) is 6.71. The van der Waals surface area contributed by atoms with Gasteiger partial charge in [0.1, 0.15) is 0 Å². The number of nitrogens with one attached hydrogen (secondary N) is 1. The van der Waals surface area contributed by atoms with Crippen molar-refractivity contribution in [3.63, 3.8) is 0 Å². The topological polar surface area (TPSA) is 83.9 Å². The number of benzene rings is 1. The van der Waals surface area contributed by atoms with E-state index in [1.807, 2.05) is 0 Å². The first-order chi connectivity index (χ1) is 15.7. The van der Waals surface area contributed by atoms with Crippen molar-refractivity contribution in [2.24, 2.45) is 5.92 Å². The molecule has 1 amide bonds. The van der Waals surface area contributed by atoms with Gasteiger partial charge < -0.3 is 10.2 Å². The fourth-order valence-corrected chi connectivity index (χ4v) is 4.23. The number of halogens is 4. The Morgan fingerprint density at radius 1 is 1.15 bits per heavy atom. The van der Waals surface area contributed by atoms with Gasteiger partial charge in [-0.3, -0.25) is 4.79 Å². The second kappa shape index (κ2) is 9.52. The number of nitrogens with zero attached hydrogens (tertiary/aromatic N) is 5. The summed E-state index contributed by atoms with van der Waals surface area (Å²) in [5.74, 6) is -3.50. The maximum atomic E-state index is 14.6. The lowest BCUT2D eigenvalue weighted by atomic mass is 9.87. The largest absolute Gasteiger partial charge is 0.352 e. The van der Waals surface area contributed by atoms with E-state index in [0.29, 0.717) is 21.4 Å². The zero-order valence-corrected chi connectivity index (χ0v) is 19.1. The van der Waals surface area contributed by atoms with Crippen molar-refractivity contribution in [3.05, 3.63) is 64.7 Å². The molecule has 0 aliphatic carbocycles. The molecule has 0 unspecified atom stereocenters. The van der Waals surface area contributed by atoms with Crippen LogP contribution < -0.4 is 5.32 Å². The van der Waals surface area contributed by atoms with Crippen LogP contribution in [0.3, 0.4) is 0 Å². The summed E-state index contributed by atoms with van der Waals surface area (Å²) < 4.78 is 29.1. The van der Waals surface area contributed by atoms with Crippen LogP contribution >= 0.6 is 23.2 Å². The van der Waals surface area contributed by atoms with Crippen molar-refractivity contribution in [2.75, 3.05) is 18.4 Å². The van der Waals surface area contributed by atoms with Crippen molar-refractivity contribution < 1.29 is 13.6 Å². The number of carbonyl (C=O) groups is 1. The predicted octanol–water partition coefficient (Wildman–Crippen LogP) is 4.84. The van der Waals surface area contributed by atoms with Crippen LogP contribution in [-0.2, 0) is 0 Å². The van der Waals surface area contributed by atoms with E-state index in [9.17, 15) is 13.6 Å². The number of amides is 1. The molecule has 1 aromatic carbocycles. The molecular formula is C22H20Cl2F2N6O. The van der Waals surface area contributed by atoms with E-state index in [1.165, 1.54) is 23.4 Å². The average molecular weight is 493 g/mol. The SMILES string of the molecule is C[C@@H]1CC(F)(F)CN(C(=O)c2cc(Cl)ccc2-c2ncccn2)[C@@H]1CNc1ncc(Cl)cn1. The number of carbonyl (C=O) groups excluding carboxylic acids is 1. The van der Waals surface area contributed by atoms with E-state index < -0.39 is 30.3 Å². The maximum absolute atomic E-state index is 14.6. The van der Waals surface area contributed by atoms with Gasteiger partial charge in [-0.1, -0.05) is 30.1 Å². The molecule has 1 aliphatic heterocycles. The number of likely N-dealkylation sites (tertiary alicyclic amines) is 1. The monoisotopic (exact) mass is 492 g/mol. The Labute approximate surface area is 199 Å². The van der Waals surface area contributed by atoms with Gasteiger partial charge in [0.15, 0.2) is 5.82 Å². The van der Waals surface area contributed by atoms with Crippen molar-refractivity contribution in [2.45, 2.75) is 25.3 Å². The van der Waals surface area contributed by atoms with Gasteiger partial charge in [-0.05, 0) is 30.2 Å². The summed E-state index contributed by atoms with van der Waals surface area (Å²) in [4.78, 5) is 31.4. The van der Waals surface area contributed by atoms with Crippen LogP contribution in [0.2, 0.25) is 10.0 Å². The zero-order chi connectivity index (χ0) is 23.6. The molecule has 1 aliphatic rings. The Morgan fingerprint density at radius 3 is 2.55 bits per heavy atom. The van der Waals surface area contributed by atoms with Gasteiger partial charge in [-0.25, -0.2) is 28.7 Å². The highest BCUT2D eigenvalue weighted by Crippen LogP contribution is 2.36. The average Bonchev–Trinajstić information content (AvgIpc) is 2.79. The Bertz CT molecular complexity index is 1130. The van der Waals surface area contributed by atoms with Crippen LogP contribution in [0.1, 0.15) is 23.7 Å². The number of aromatic nitrogens is 4. The van der Waals surface area contributed by atoms with Crippen molar-refractivity contribution in [3.8, 4) is 11.4 Å². The summed E-state index contributed by atoms with van der Waals surface area (Å²) in [6, 6.07) is 5.79. The number of hydrogen-bond acceptors (Lipinski definition) is 6. The summed E-state index contributed by atoms with van der Waals surface area (Å²) in [7, 11) is 0. The molecule has 7 nitrogen and oxygen atoms in total. The summed E-state index contributed by atoms with van der Waals surface area (Å²) in [6.07, 6.45) is 5.60. The summed E-state index contributed by atoms with van der Waals surface area (Å²) in [5.41, 5.74) is 0.575. The number of rotatable bonds is 5. The Hall–Kier alpha value is -2.91. The highest BCUT2D eigenvalue weighted by Gasteiger charge is 2.46. The van der Waals surface area contributed by atoms with Crippen molar-refractivity contribution >= 4 is 35.1 Å². The predicted molar refractivity (Wildman–Crippen MR) is 122 cm³/mol. The van der Waals surface area contributed by atoms with E-state index in [-0.39, 0.29) is 24.5 Å². The lowest BCUT2D eigenvalue weighted by Crippen LogP contribution is -2.57. The van der Waals surface area contributed by atoms with E-state index in [0.717, 1.165) is 0 Å². The molecule has 33 heavy (non-hydrogen) atoms. The number of piperidine rings is 1. The molecule has 2 atom stereocenters. The van der Waals surface area contributed by atoms with E-state index in [2.05, 4.69) is 25.3 Å². The van der Waals surface area contributed by atoms with Gasteiger partial charge in [0.25, 0.3) is 11.8 Å². The molecule has 11 heteroatoms. The van der Waals surface area contributed by atoms with Crippen LogP contribution in [0.5, 0.6) is 0 Å². The fourth-order valence-electron chi connectivity index (χ4n) is 3.96. The third-order valence-corrected chi connectivity index (χ3v) is 5.88. The molecule has 1 saturated heterocycles. The van der Waals surface area contributed by atoms with Crippen LogP contribution in [0.15, 0.2) is 49.1 Å². The number of anilines is 1. The first-order valence-electron chi connectivity index (χ1n) is 10.2. The summed E-state index contributed by atoms with van der Waals surface area (Å²) >= 11 is 12.0. The molecule has 3 aromatic rings. The maximum Gasteiger partial charge on any atom is 0.265 e. The van der Waals surface area contributed by atoms with E-state index >= 15 is 0 Å². The first kappa shape index (κ1) is 23.3. The van der Waals surface area contributed by atoms with Gasteiger partial charge in [-0.2, -0.15) is 0 Å². The quantitative estimate of drug-likeness (QED) is 0.548. The normalized spacial score (nSPS) is 19.8. The molecule has 1 N–H and O–H groups in total.